The molecule has 62 valence electrons. The minimum Gasteiger partial charge on any atom is -0.317 e. The number of halogens is 1. The maximum atomic E-state index is 13.6. The maximum Gasteiger partial charge on any atom is 0.242 e. The van der Waals surface area contributed by atoms with Crippen molar-refractivity contribution in [3.63, 3.8) is 0 Å². The average Bonchev–Trinajstić information content (AvgIpc) is 1.59. The normalized spacial score (nSPS) is 14.4. The molecule has 0 aromatic rings. The van der Waals surface area contributed by atoms with Gasteiger partial charge in [-0.3, -0.25) is 0 Å². The molecular weight excluding hydrogens is 143 g/mol. The van der Waals surface area contributed by atoms with Crippen LogP contribution in [0.25, 0.3) is 0 Å². The zero-order chi connectivity index (χ0) is 8.58. The Morgan fingerprint density at radius 3 is 1.00 bits per heavy atom. The molecule has 0 spiro atoms. The van der Waals surface area contributed by atoms with Gasteiger partial charge in [-0.1, -0.05) is 41.5 Å². The topological polar surface area (TPSA) is 0 Å². The van der Waals surface area contributed by atoms with Gasteiger partial charge in [-0.2, -0.15) is 0 Å². The highest BCUT2D eigenvalue weighted by atomic mass is 28.3. The summed E-state index contributed by atoms with van der Waals surface area (Å²) in [4.78, 5) is 0. The van der Waals surface area contributed by atoms with Crippen molar-refractivity contribution in [2.75, 3.05) is 0 Å². The van der Waals surface area contributed by atoms with Crippen molar-refractivity contribution in [1.29, 1.82) is 0 Å². The van der Waals surface area contributed by atoms with Crippen molar-refractivity contribution in [3.05, 3.63) is 0 Å². The average molecular weight is 162 g/mol. The molecule has 0 nitrogen and oxygen atoms in total. The van der Waals surface area contributed by atoms with E-state index in [0.29, 0.717) is 0 Å². The fraction of sp³-hybridized carbons (Fsp3) is 1.00. The molecule has 0 unspecified atom stereocenters. The van der Waals surface area contributed by atoms with Gasteiger partial charge >= 0.3 is 0 Å². The predicted molar refractivity (Wildman–Crippen MR) is 47.7 cm³/mol. The van der Waals surface area contributed by atoms with Crippen molar-refractivity contribution < 1.29 is 4.11 Å². The summed E-state index contributed by atoms with van der Waals surface area (Å²) in [5.41, 5.74) is 0. The first-order chi connectivity index (χ1) is 4.15. The van der Waals surface area contributed by atoms with E-state index in [1.54, 1.807) is 0 Å². The lowest BCUT2D eigenvalue weighted by molar-refractivity contribution is 0.559. The van der Waals surface area contributed by atoms with Crippen LogP contribution in [0.3, 0.4) is 0 Å². The van der Waals surface area contributed by atoms with Crippen molar-refractivity contribution in [2.24, 2.45) is 0 Å². The Bertz CT molecular complexity index is 93.4. The van der Waals surface area contributed by atoms with Crippen LogP contribution >= 0.6 is 0 Å². The fourth-order valence-electron chi connectivity index (χ4n) is 1.30. The van der Waals surface area contributed by atoms with Gasteiger partial charge in [0.15, 0.2) is 0 Å². The summed E-state index contributed by atoms with van der Waals surface area (Å²) in [6, 6.07) is 0. The summed E-state index contributed by atoms with van der Waals surface area (Å²) in [7, 11) is -2.08. The molecule has 0 aromatic heterocycles. The Labute approximate surface area is 65.6 Å². The lowest BCUT2D eigenvalue weighted by Gasteiger charge is -2.32. The minimum absolute atomic E-state index is 0.0851. The van der Waals surface area contributed by atoms with Gasteiger partial charge in [0.1, 0.15) is 0 Å². The monoisotopic (exact) mass is 162 g/mol. The summed E-state index contributed by atoms with van der Waals surface area (Å²) < 4.78 is 13.6. The number of hydrogen-bond donors (Lipinski definition) is 0. The van der Waals surface area contributed by atoms with Crippen molar-refractivity contribution >= 4 is 9.13 Å². The summed E-state index contributed by atoms with van der Waals surface area (Å²) in [5.74, 6) is 0. The first-order valence-electron chi connectivity index (χ1n) is 3.80. The molecule has 0 fully saturated rings. The molecule has 0 heterocycles. The van der Waals surface area contributed by atoms with Gasteiger partial charge in [-0.05, 0) is 10.1 Å². The van der Waals surface area contributed by atoms with E-state index in [0.717, 1.165) is 0 Å². The molecule has 0 aliphatic carbocycles. The third-order valence-electron chi connectivity index (χ3n) is 1.52. The minimum atomic E-state index is -2.08. The van der Waals surface area contributed by atoms with E-state index in [9.17, 15) is 4.11 Å². The van der Waals surface area contributed by atoms with E-state index in [2.05, 4.69) is 0 Å². The highest BCUT2D eigenvalue weighted by Gasteiger charge is 2.37. The molecule has 0 bridgehead atoms. The van der Waals surface area contributed by atoms with Crippen molar-refractivity contribution in [3.8, 4) is 0 Å². The van der Waals surface area contributed by atoms with Gasteiger partial charge in [0, 0.05) is 0 Å². The first kappa shape index (κ1) is 10.1. The molecule has 0 aliphatic heterocycles. The van der Waals surface area contributed by atoms with Crippen LogP contribution in [0.2, 0.25) is 10.1 Å². The molecule has 0 aliphatic rings. The fourth-order valence-corrected chi connectivity index (χ4v) is 3.90. The van der Waals surface area contributed by atoms with Gasteiger partial charge < -0.3 is 4.11 Å². The Morgan fingerprint density at radius 2 is 1.00 bits per heavy atom. The second kappa shape index (κ2) is 2.65. The Hall–Kier alpha value is 0.147. The summed E-state index contributed by atoms with van der Waals surface area (Å²) in [6.45, 7) is 12.0. The van der Waals surface area contributed by atoms with E-state index in [1.807, 2.05) is 41.5 Å². The Morgan fingerprint density at radius 1 is 0.800 bits per heavy atom. The van der Waals surface area contributed by atoms with Crippen molar-refractivity contribution in [2.45, 2.75) is 51.6 Å². The SMILES string of the molecule is CC(C)(C)[SiH](F)C(C)(C)C. The van der Waals surface area contributed by atoms with Crippen molar-refractivity contribution in [1.82, 2.24) is 0 Å². The van der Waals surface area contributed by atoms with Crippen LogP contribution in [0.1, 0.15) is 41.5 Å². The largest absolute Gasteiger partial charge is 0.317 e. The highest BCUT2D eigenvalue weighted by molar-refractivity contribution is 6.57. The van der Waals surface area contributed by atoms with E-state index >= 15 is 0 Å². The first-order valence-corrected chi connectivity index (χ1v) is 5.39. The predicted octanol–water partition coefficient (Wildman–Crippen LogP) is 3.28. The molecular formula is C8H19FSi. The van der Waals surface area contributed by atoms with E-state index in [1.165, 1.54) is 0 Å². The molecule has 10 heavy (non-hydrogen) atoms. The third kappa shape index (κ3) is 2.82. The van der Waals surface area contributed by atoms with E-state index < -0.39 is 9.13 Å². The lowest BCUT2D eigenvalue weighted by Crippen LogP contribution is -2.30. The second-order valence-electron chi connectivity index (χ2n) is 5.09. The standard InChI is InChI=1S/C8H19FSi/c1-7(2,3)10(9)8(4,5)6/h10H,1-6H3. The molecule has 0 rings (SSSR count). The number of hydrogen-bond acceptors (Lipinski definition) is 0. The maximum absolute atomic E-state index is 13.6. The smallest absolute Gasteiger partial charge is 0.242 e. The van der Waals surface area contributed by atoms with E-state index in [-0.39, 0.29) is 10.1 Å². The summed E-state index contributed by atoms with van der Waals surface area (Å²) in [6.07, 6.45) is 0. The molecule has 0 atom stereocenters. The van der Waals surface area contributed by atoms with Crippen LogP contribution in [-0.4, -0.2) is 9.13 Å². The summed E-state index contributed by atoms with van der Waals surface area (Å²) in [5, 5.41) is -0.170. The highest BCUT2D eigenvalue weighted by Crippen LogP contribution is 2.42. The summed E-state index contributed by atoms with van der Waals surface area (Å²) >= 11 is 0. The van der Waals surface area contributed by atoms with Crippen LogP contribution in [0.15, 0.2) is 0 Å². The zero-order valence-electron chi connectivity index (χ0n) is 7.96. The Kier molecular flexibility index (Phi) is 2.68. The second-order valence-corrected chi connectivity index (χ2v) is 9.28. The van der Waals surface area contributed by atoms with Crippen LogP contribution in [0, 0.1) is 0 Å². The molecule has 0 saturated heterocycles. The van der Waals surface area contributed by atoms with Gasteiger partial charge in [0.25, 0.3) is 0 Å². The van der Waals surface area contributed by atoms with Gasteiger partial charge in [-0.15, -0.1) is 0 Å². The third-order valence-corrected chi connectivity index (χ3v) is 4.56. The van der Waals surface area contributed by atoms with Crippen LogP contribution in [0.4, 0.5) is 4.11 Å². The zero-order valence-corrected chi connectivity index (χ0v) is 9.11. The quantitative estimate of drug-likeness (QED) is 0.379. The molecule has 0 radical (unpaired) electrons. The Balaban J connectivity index is 4.23. The van der Waals surface area contributed by atoms with E-state index in [4.69, 9.17) is 0 Å². The van der Waals surface area contributed by atoms with Gasteiger partial charge in [0.05, 0.1) is 0 Å². The van der Waals surface area contributed by atoms with Gasteiger partial charge in [0.2, 0.25) is 9.13 Å². The molecule has 0 amide bonds. The molecule has 0 saturated carbocycles. The van der Waals surface area contributed by atoms with Gasteiger partial charge in [-0.25, -0.2) is 0 Å². The molecule has 0 N–H and O–H groups in total. The van der Waals surface area contributed by atoms with Crippen LogP contribution < -0.4 is 0 Å². The van der Waals surface area contributed by atoms with Crippen LogP contribution in [-0.2, 0) is 0 Å². The number of rotatable bonds is 0. The molecule has 2 heteroatoms. The lowest BCUT2D eigenvalue weighted by atomic mass is 10.2. The molecule has 0 aromatic carbocycles. The van der Waals surface area contributed by atoms with Crippen LogP contribution in [0.5, 0.6) is 0 Å².